The van der Waals surface area contributed by atoms with E-state index in [1.165, 1.54) is 0 Å². The van der Waals surface area contributed by atoms with E-state index in [4.69, 9.17) is 42.6 Å². The zero-order valence-electron chi connectivity index (χ0n) is 35.0. The second kappa shape index (κ2) is 17.6. The summed E-state index contributed by atoms with van der Waals surface area (Å²) in [5.41, 5.74) is -0.832. The number of benzene rings is 4. The van der Waals surface area contributed by atoms with Gasteiger partial charge in [-0.15, -0.1) is 0 Å². The first-order chi connectivity index (χ1) is 29.8. The number of carbonyl (C=O) groups excluding carboxylic acids is 4. The lowest BCUT2D eigenvalue weighted by Gasteiger charge is -2.45. The number of epoxide rings is 1. The van der Waals surface area contributed by atoms with Gasteiger partial charge in [0.1, 0.15) is 23.9 Å². The Morgan fingerprint density at radius 2 is 1.08 bits per heavy atom. The molecule has 0 bridgehead atoms. The summed E-state index contributed by atoms with van der Waals surface area (Å²) in [5.74, 6) is -3.77. The van der Waals surface area contributed by atoms with Crippen molar-refractivity contribution in [3.05, 3.63) is 156 Å². The van der Waals surface area contributed by atoms with Gasteiger partial charge in [0.25, 0.3) is 0 Å². The van der Waals surface area contributed by atoms with Crippen LogP contribution in [0.15, 0.2) is 133 Å². The predicted molar refractivity (Wildman–Crippen MR) is 222 cm³/mol. The SMILES string of the molecule is CC(/C=C/C12OC1(C)CC1(CC2(C)C)OCCO1)OC1OC(COC(=O)c2ccccc2)C(OC(=O)c2ccccc2)C(OC(=O)c2ccccc2)C1OC(=O)c1ccccc1. The van der Waals surface area contributed by atoms with Crippen molar-refractivity contribution >= 4 is 23.9 Å². The van der Waals surface area contributed by atoms with Crippen molar-refractivity contribution in [2.45, 2.75) is 94.3 Å². The molecule has 8 unspecified atom stereocenters. The number of esters is 4. The first-order valence-electron chi connectivity index (χ1n) is 20.8. The van der Waals surface area contributed by atoms with Crippen LogP contribution in [-0.4, -0.2) is 97.5 Å². The van der Waals surface area contributed by atoms with E-state index in [0.717, 1.165) is 0 Å². The van der Waals surface area contributed by atoms with Gasteiger partial charge >= 0.3 is 23.9 Å². The molecular weight excluding hydrogens is 797 g/mol. The molecule has 1 aliphatic carbocycles. The molecule has 324 valence electrons. The summed E-state index contributed by atoms with van der Waals surface area (Å²) in [4.78, 5) is 55.1. The summed E-state index contributed by atoms with van der Waals surface area (Å²) in [6.07, 6.45) is -3.06. The molecule has 1 spiro atoms. The molecule has 4 aliphatic rings. The number of rotatable bonds is 13. The third-order valence-electron chi connectivity index (χ3n) is 12.0. The normalized spacial score (nSPS) is 28.6. The summed E-state index contributed by atoms with van der Waals surface area (Å²) < 4.78 is 56.3. The van der Waals surface area contributed by atoms with E-state index in [2.05, 4.69) is 13.8 Å². The Hall–Kier alpha value is -5.70. The molecule has 0 radical (unpaired) electrons. The molecule has 62 heavy (non-hydrogen) atoms. The molecule has 13 nitrogen and oxygen atoms in total. The van der Waals surface area contributed by atoms with E-state index < -0.39 is 89.7 Å². The molecular formula is C49H50O13. The monoisotopic (exact) mass is 846 g/mol. The standard InChI is InChI=1S/C49H50O13/c1-32(25-26-49-46(2,3)30-48(55-27-28-56-48)31-47(49,4)62-49)57-45-40(61-44(53)36-23-15-8-16-24-36)39(60-43(52)35-21-13-7-14-22-35)38(59-42(51)34-19-11-6-12-20-34)37(58-45)29-54-41(50)33-17-9-5-10-18-33/h5-26,32,37-40,45H,27-31H2,1-4H3/b26-25+. The number of hydrogen-bond donors (Lipinski definition) is 0. The van der Waals surface area contributed by atoms with Gasteiger partial charge < -0.3 is 42.6 Å². The smallest absolute Gasteiger partial charge is 0.338 e. The predicted octanol–water partition coefficient (Wildman–Crippen LogP) is 7.30. The fourth-order valence-electron chi connectivity index (χ4n) is 9.03. The summed E-state index contributed by atoms with van der Waals surface area (Å²) in [6, 6.07) is 33.0. The van der Waals surface area contributed by atoms with Crippen molar-refractivity contribution in [3.63, 3.8) is 0 Å². The van der Waals surface area contributed by atoms with Gasteiger partial charge in [-0.1, -0.05) is 98.8 Å². The minimum Gasteiger partial charge on any atom is -0.459 e. The molecule has 13 heteroatoms. The van der Waals surface area contributed by atoms with Gasteiger partial charge in [0, 0.05) is 18.3 Å². The van der Waals surface area contributed by atoms with Gasteiger partial charge in [0.05, 0.1) is 41.6 Å². The van der Waals surface area contributed by atoms with Crippen LogP contribution in [0.4, 0.5) is 0 Å². The Morgan fingerprint density at radius 1 is 0.629 bits per heavy atom. The minimum absolute atomic E-state index is 0.179. The minimum atomic E-state index is -1.55. The molecule has 0 N–H and O–H groups in total. The molecule has 8 atom stereocenters. The highest BCUT2D eigenvalue weighted by atomic mass is 16.8. The quantitative estimate of drug-likeness (QED) is 0.0573. The largest absolute Gasteiger partial charge is 0.459 e. The first-order valence-corrected chi connectivity index (χ1v) is 20.8. The van der Waals surface area contributed by atoms with Crippen LogP contribution in [0.25, 0.3) is 0 Å². The highest BCUT2D eigenvalue weighted by Crippen LogP contribution is 2.69. The van der Waals surface area contributed by atoms with Gasteiger partial charge in [-0.05, 0) is 62.4 Å². The number of carbonyl (C=O) groups is 4. The lowest BCUT2D eigenvalue weighted by atomic mass is 9.61. The first kappa shape index (κ1) is 43.0. The molecule has 0 amide bonds. The summed E-state index contributed by atoms with van der Waals surface area (Å²) in [6.45, 7) is 8.64. The Morgan fingerprint density at radius 3 is 1.56 bits per heavy atom. The van der Waals surface area contributed by atoms with Crippen LogP contribution in [0.2, 0.25) is 0 Å². The van der Waals surface area contributed by atoms with Gasteiger partial charge in [0.15, 0.2) is 30.4 Å². The van der Waals surface area contributed by atoms with Crippen molar-refractivity contribution < 1.29 is 61.8 Å². The average Bonchev–Trinajstić information content (AvgIpc) is 3.68. The number of fused-ring (bicyclic) bond motifs is 1. The number of hydrogen-bond acceptors (Lipinski definition) is 13. The van der Waals surface area contributed by atoms with E-state index in [1.54, 1.807) is 128 Å². The van der Waals surface area contributed by atoms with Crippen molar-refractivity contribution in [2.24, 2.45) is 5.41 Å². The molecule has 3 aliphatic heterocycles. The van der Waals surface area contributed by atoms with Crippen LogP contribution in [0.5, 0.6) is 0 Å². The van der Waals surface area contributed by atoms with Gasteiger partial charge in [-0.25, -0.2) is 19.2 Å². The molecule has 4 fully saturated rings. The molecule has 3 saturated heterocycles. The highest BCUT2D eigenvalue weighted by molar-refractivity contribution is 5.91. The highest BCUT2D eigenvalue weighted by Gasteiger charge is 2.78. The summed E-state index contributed by atoms with van der Waals surface area (Å²) in [5, 5.41) is 0. The van der Waals surface area contributed by atoms with Gasteiger partial charge in [0.2, 0.25) is 0 Å². The zero-order valence-corrected chi connectivity index (χ0v) is 35.0. The lowest BCUT2D eigenvalue weighted by molar-refractivity contribution is -0.303. The molecule has 8 rings (SSSR count). The maximum atomic E-state index is 14.0. The maximum absolute atomic E-state index is 14.0. The molecule has 3 heterocycles. The van der Waals surface area contributed by atoms with E-state index >= 15 is 0 Å². The summed E-state index contributed by atoms with van der Waals surface area (Å²) in [7, 11) is 0. The number of ether oxygens (including phenoxy) is 9. The van der Waals surface area contributed by atoms with Crippen molar-refractivity contribution in [1.82, 2.24) is 0 Å². The van der Waals surface area contributed by atoms with Gasteiger partial charge in [-0.2, -0.15) is 0 Å². The van der Waals surface area contributed by atoms with Crippen LogP contribution in [0.3, 0.4) is 0 Å². The van der Waals surface area contributed by atoms with Crippen LogP contribution in [0.1, 0.15) is 82.0 Å². The van der Waals surface area contributed by atoms with Crippen molar-refractivity contribution in [2.75, 3.05) is 19.8 Å². The maximum Gasteiger partial charge on any atom is 0.338 e. The third-order valence-corrected chi connectivity index (χ3v) is 12.0. The zero-order chi connectivity index (χ0) is 43.5. The average molecular weight is 847 g/mol. The molecule has 4 aromatic rings. The molecule has 4 aromatic carbocycles. The summed E-state index contributed by atoms with van der Waals surface area (Å²) >= 11 is 0. The van der Waals surface area contributed by atoms with Crippen molar-refractivity contribution in [3.8, 4) is 0 Å². The fourth-order valence-corrected chi connectivity index (χ4v) is 9.03. The molecule has 1 saturated carbocycles. The second-order valence-corrected chi connectivity index (χ2v) is 16.8. The van der Waals surface area contributed by atoms with E-state index in [0.29, 0.717) is 26.1 Å². The Labute approximate surface area is 360 Å². The second-order valence-electron chi connectivity index (χ2n) is 16.8. The molecule has 0 aromatic heterocycles. The Kier molecular flexibility index (Phi) is 12.2. The van der Waals surface area contributed by atoms with Crippen molar-refractivity contribution in [1.29, 1.82) is 0 Å². The Bertz CT molecular complexity index is 2240. The topological polar surface area (TPSA) is 155 Å². The van der Waals surface area contributed by atoms with Crippen LogP contribution in [-0.2, 0) is 42.6 Å². The third kappa shape index (κ3) is 8.81. The van der Waals surface area contributed by atoms with E-state index in [1.807, 2.05) is 19.1 Å². The van der Waals surface area contributed by atoms with Gasteiger partial charge in [-0.3, -0.25) is 0 Å². The van der Waals surface area contributed by atoms with Crippen LogP contribution < -0.4 is 0 Å². The lowest BCUT2D eigenvalue weighted by Crippen LogP contribution is -2.63. The van der Waals surface area contributed by atoms with E-state index in [9.17, 15) is 19.2 Å². The van der Waals surface area contributed by atoms with E-state index in [-0.39, 0.29) is 22.3 Å². The van der Waals surface area contributed by atoms with Crippen LogP contribution >= 0.6 is 0 Å². The fraction of sp³-hybridized carbons (Fsp3) is 0.388. The Balaban J connectivity index is 1.14. The van der Waals surface area contributed by atoms with Crippen LogP contribution in [0, 0.1) is 5.41 Å².